The Hall–Kier alpha value is -2.27. The van der Waals surface area contributed by atoms with E-state index in [1.54, 1.807) is 17.0 Å². The molecular formula is C21H27NO4. The predicted molar refractivity (Wildman–Crippen MR) is 100.0 cm³/mol. The SMILES string of the molecule is Cc1ccc(C(C)C)cc1Oc1ccc(C(=O)N2CC(C)OC(C)C2)o1. The number of nitrogens with zero attached hydrogens (tertiary/aromatic N) is 1. The number of amides is 1. The normalized spacial score (nSPS) is 20.5. The number of carbonyl (C=O) groups is 1. The Bertz CT molecular complexity index is 770. The van der Waals surface area contributed by atoms with Gasteiger partial charge in [0, 0.05) is 19.2 Å². The minimum absolute atomic E-state index is 0.0230. The van der Waals surface area contributed by atoms with Crippen LogP contribution in [-0.2, 0) is 4.74 Å². The fraction of sp³-hybridized carbons (Fsp3) is 0.476. The third-order valence-electron chi connectivity index (χ3n) is 4.59. The van der Waals surface area contributed by atoms with Crippen molar-refractivity contribution in [2.75, 3.05) is 13.1 Å². The largest absolute Gasteiger partial charge is 0.426 e. The van der Waals surface area contributed by atoms with Crippen LogP contribution in [0.15, 0.2) is 34.7 Å². The smallest absolute Gasteiger partial charge is 0.290 e. The molecule has 1 aromatic heterocycles. The molecule has 2 unspecified atom stereocenters. The molecule has 0 aliphatic carbocycles. The molecule has 140 valence electrons. The number of benzene rings is 1. The lowest BCUT2D eigenvalue weighted by molar-refractivity contribution is -0.0592. The Morgan fingerprint density at radius 2 is 1.85 bits per heavy atom. The molecule has 5 heteroatoms. The van der Waals surface area contributed by atoms with Gasteiger partial charge in [0.25, 0.3) is 11.9 Å². The maximum atomic E-state index is 12.7. The van der Waals surface area contributed by atoms with Gasteiger partial charge < -0.3 is 18.8 Å². The van der Waals surface area contributed by atoms with Crippen molar-refractivity contribution in [2.24, 2.45) is 0 Å². The van der Waals surface area contributed by atoms with Gasteiger partial charge >= 0.3 is 0 Å². The van der Waals surface area contributed by atoms with E-state index in [9.17, 15) is 4.79 Å². The van der Waals surface area contributed by atoms with E-state index in [-0.39, 0.29) is 18.1 Å². The molecule has 1 aliphatic rings. The highest BCUT2D eigenvalue weighted by molar-refractivity contribution is 5.91. The number of furan rings is 1. The average Bonchev–Trinajstić information content (AvgIpc) is 3.03. The molecule has 0 bridgehead atoms. The number of hydrogen-bond donors (Lipinski definition) is 0. The van der Waals surface area contributed by atoms with Gasteiger partial charge in [0.1, 0.15) is 5.75 Å². The van der Waals surface area contributed by atoms with Crippen molar-refractivity contribution in [3.05, 3.63) is 47.2 Å². The second-order valence-electron chi connectivity index (χ2n) is 7.37. The summed E-state index contributed by atoms with van der Waals surface area (Å²) in [5.74, 6) is 1.65. The van der Waals surface area contributed by atoms with E-state index in [1.165, 1.54) is 5.56 Å². The summed E-state index contributed by atoms with van der Waals surface area (Å²) in [4.78, 5) is 14.5. The quantitative estimate of drug-likeness (QED) is 0.792. The molecular weight excluding hydrogens is 330 g/mol. The first-order valence-electron chi connectivity index (χ1n) is 9.16. The first kappa shape index (κ1) is 18.5. The highest BCUT2D eigenvalue weighted by atomic mass is 16.6. The van der Waals surface area contributed by atoms with Crippen LogP contribution in [0.1, 0.15) is 55.3 Å². The van der Waals surface area contributed by atoms with Crippen LogP contribution in [0.3, 0.4) is 0 Å². The first-order valence-corrected chi connectivity index (χ1v) is 9.16. The Morgan fingerprint density at radius 1 is 1.15 bits per heavy atom. The Labute approximate surface area is 154 Å². The van der Waals surface area contributed by atoms with Crippen LogP contribution in [0.5, 0.6) is 11.7 Å². The third-order valence-corrected chi connectivity index (χ3v) is 4.59. The van der Waals surface area contributed by atoms with Crippen molar-refractivity contribution in [3.8, 4) is 11.7 Å². The monoisotopic (exact) mass is 357 g/mol. The fourth-order valence-electron chi connectivity index (χ4n) is 3.18. The van der Waals surface area contributed by atoms with Gasteiger partial charge in [0.15, 0.2) is 5.76 Å². The Balaban J connectivity index is 1.74. The second-order valence-corrected chi connectivity index (χ2v) is 7.37. The first-order chi connectivity index (χ1) is 12.3. The highest BCUT2D eigenvalue weighted by Gasteiger charge is 2.28. The lowest BCUT2D eigenvalue weighted by Gasteiger charge is -2.34. The molecule has 2 aromatic rings. The van der Waals surface area contributed by atoms with Gasteiger partial charge in [-0.2, -0.15) is 0 Å². The molecule has 1 saturated heterocycles. The van der Waals surface area contributed by atoms with Crippen molar-refractivity contribution < 1.29 is 18.7 Å². The van der Waals surface area contributed by atoms with Gasteiger partial charge in [-0.05, 0) is 49.9 Å². The van der Waals surface area contributed by atoms with E-state index in [0.29, 0.717) is 30.7 Å². The second kappa shape index (κ2) is 7.54. The van der Waals surface area contributed by atoms with Crippen LogP contribution < -0.4 is 4.74 Å². The summed E-state index contributed by atoms with van der Waals surface area (Å²) in [5, 5.41) is 0. The highest BCUT2D eigenvalue weighted by Crippen LogP contribution is 2.30. The van der Waals surface area contributed by atoms with Crippen LogP contribution in [0.4, 0.5) is 0 Å². The summed E-state index contributed by atoms with van der Waals surface area (Å²) in [6, 6.07) is 9.53. The van der Waals surface area contributed by atoms with Crippen LogP contribution in [0.2, 0.25) is 0 Å². The van der Waals surface area contributed by atoms with E-state index in [4.69, 9.17) is 13.9 Å². The molecule has 5 nitrogen and oxygen atoms in total. The van der Waals surface area contributed by atoms with Crippen molar-refractivity contribution in [3.63, 3.8) is 0 Å². The zero-order valence-electron chi connectivity index (χ0n) is 16.1. The van der Waals surface area contributed by atoms with Crippen molar-refractivity contribution in [2.45, 2.75) is 52.7 Å². The van der Waals surface area contributed by atoms with E-state index in [1.807, 2.05) is 32.9 Å². The zero-order chi connectivity index (χ0) is 18.8. The number of ether oxygens (including phenoxy) is 2. The molecule has 0 radical (unpaired) electrons. The summed E-state index contributed by atoms with van der Waals surface area (Å²) in [6.07, 6.45) is 0.0459. The van der Waals surface area contributed by atoms with E-state index < -0.39 is 0 Å². The maximum Gasteiger partial charge on any atom is 0.290 e. The third kappa shape index (κ3) is 4.10. The summed E-state index contributed by atoms with van der Waals surface area (Å²) in [7, 11) is 0. The molecule has 0 saturated carbocycles. The van der Waals surface area contributed by atoms with Crippen molar-refractivity contribution in [1.82, 2.24) is 4.90 Å². The molecule has 1 aliphatic heterocycles. The molecule has 3 rings (SSSR count). The minimum Gasteiger partial charge on any atom is -0.426 e. The van der Waals surface area contributed by atoms with E-state index >= 15 is 0 Å². The predicted octanol–water partition coefficient (Wildman–Crippen LogP) is 4.75. The standard InChI is InChI=1S/C21H27NO4/c1-13(2)17-7-6-14(3)19(10-17)26-20-9-8-18(25-20)21(23)22-11-15(4)24-16(5)12-22/h6-10,13,15-16H,11-12H2,1-5H3. The molecule has 2 atom stereocenters. The minimum atomic E-state index is -0.130. The van der Waals surface area contributed by atoms with Crippen LogP contribution >= 0.6 is 0 Å². The lowest BCUT2D eigenvalue weighted by Crippen LogP contribution is -2.48. The van der Waals surface area contributed by atoms with Crippen LogP contribution in [0, 0.1) is 6.92 Å². The van der Waals surface area contributed by atoms with E-state index in [0.717, 1.165) is 11.3 Å². The zero-order valence-corrected chi connectivity index (χ0v) is 16.1. The number of morpholine rings is 1. The molecule has 26 heavy (non-hydrogen) atoms. The molecule has 0 spiro atoms. The number of rotatable bonds is 4. The molecule has 2 heterocycles. The van der Waals surface area contributed by atoms with Gasteiger partial charge in [0.2, 0.25) is 0 Å². The summed E-state index contributed by atoms with van der Waals surface area (Å²) in [5.41, 5.74) is 2.22. The van der Waals surface area contributed by atoms with Gasteiger partial charge in [-0.3, -0.25) is 4.79 Å². The number of carbonyl (C=O) groups excluding carboxylic acids is 1. The van der Waals surface area contributed by atoms with Gasteiger partial charge in [-0.1, -0.05) is 26.0 Å². The molecule has 1 fully saturated rings. The van der Waals surface area contributed by atoms with Crippen LogP contribution in [0.25, 0.3) is 0 Å². The average molecular weight is 357 g/mol. The van der Waals surface area contributed by atoms with Crippen molar-refractivity contribution in [1.29, 1.82) is 0 Å². The maximum absolute atomic E-state index is 12.7. The topological polar surface area (TPSA) is 51.9 Å². The van der Waals surface area contributed by atoms with Crippen molar-refractivity contribution >= 4 is 5.91 Å². The van der Waals surface area contributed by atoms with Gasteiger partial charge in [-0.25, -0.2) is 0 Å². The fourth-order valence-corrected chi connectivity index (χ4v) is 3.18. The van der Waals surface area contributed by atoms with Crippen LogP contribution in [-0.4, -0.2) is 36.1 Å². The summed E-state index contributed by atoms with van der Waals surface area (Å²) >= 11 is 0. The number of aryl methyl sites for hydroxylation is 1. The Morgan fingerprint density at radius 3 is 2.50 bits per heavy atom. The molecule has 1 amide bonds. The molecule has 1 aromatic carbocycles. The summed E-state index contributed by atoms with van der Waals surface area (Å²) < 4.78 is 17.3. The molecule has 0 N–H and O–H groups in total. The summed E-state index contributed by atoms with van der Waals surface area (Å²) in [6.45, 7) is 11.3. The van der Waals surface area contributed by atoms with Gasteiger partial charge in [0.05, 0.1) is 12.2 Å². The van der Waals surface area contributed by atoms with E-state index in [2.05, 4.69) is 19.9 Å². The lowest BCUT2D eigenvalue weighted by atomic mass is 10.0. The van der Waals surface area contributed by atoms with Gasteiger partial charge in [-0.15, -0.1) is 0 Å². The number of hydrogen-bond acceptors (Lipinski definition) is 4. The Kier molecular flexibility index (Phi) is 5.37.